The number of benzene rings is 1. The van der Waals surface area contributed by atoms with Crippen molar-refractivity contribution in [3.05, 3.63) is 24.8 Å². The maximum Gasteiger partial charge on any atom is 0.245 e. The van der Waals surface area contributed by atoms with Crippen LogP contribution in [0, 0.1) is 24.9 Å². The number of carbonyl (C=O) groups is 10. The Morgan fingerprint density at radius 2 is 0.879 bits per heavy atom. The summed E-state index contributed by atoms with van der Waals surface area (Å²) >= 11 is 3.83. The van der Waals surface area contributed by atoms with E-state index in [2.05, 4.69) is 54.8 Å². The molecule has 0 spiro atoms. The molecule has 1 aromatic rings. The van der Waals surface area contributed by atoms with E-state index in [9.17, 15) is 58.2 Å². The number of aromatic hydroxyl groups is 1. The summed E-state index contributed by atoms with van der Waals surface area (Å²) in [6, 6.07) is -7.23. The molecule has 0 saturated carbocycles. The SMILES string of the molecule is CCCCCCCCCCCCCC(=O)NCC(=O)N[C@@H](CC(C)C)C(=O)N[C@H](C(=O)N[C@H](C(=O)N[C@@H](Cc1cc(I)c(O)c(I)c1)C(=O)N[C@H](CCCCN)C(=O)N[C@H](CCCCN)C(=O)N[C@H](C(=O)N[C@@H](CCCCN)C(N)=O)[C@@H](C)CC)[C@@H](C)O)C(C)C. The fourth-order valence-electron chi connectivity index (χ4n) is 10.1. The van der Waals surface area contributed by atoms with E-state index < -0.39 is 119 Å². The van der Waals surface area contributed by atoms with Gasteiger partial charge in [-0.1, -0.05) is 119 Å². The van der Waals surface area contributed by atoms with E-state index in [1.54, 1.807) is 32.9 Å². The van der Waals surface area contributed by atoms with E-state index in [-0.39, 0.29) is 75.7 Å². The van der Waals surface area contributed by atoms with Crippen molar-refractivity contribution >= 4 is 104 Å². The minimum absolute atomic E-state index is 0.0173. The Kier molecular flexibility index (Phi) is 44.2. The summed E-state index contributed by atoms with van der Waals surface area (Å²) in [6.45, 7) is 14.6. The summed E-state index contributed by atoms with van der Waals surface area (Å²) in [7, 11) is 0. The first kappa shape index (κ1) is 84.0. The van der Waals surface area contributed by atoms with Gasteiger partial charge in [0.15, 0.2) is 0 Å². The lowest BCUT2D eigenvalue weighted by Gasteiger charge is -2.30. The van der Waals surface area contributed by atoms with Crippen molar-refractivity contribution in [3.8, 4) is 5.75 Å². The van der Waals surface area contributed by atoms with Gasteiger partial charge in [0.1, 0.15) is 54.1 Å². The molecule has 520 valence electrons. The van der Waals surface area contributed by atoms with Crippen molar-refractivity contribution < 1.29 is 58.2 Å². The zero-order valence-electron chi connectivity index (χ0n) is 55.4. The van der Waals surface area contributed by atoms with Gasteiger partial charge in [-0.05, 0) is 178 Å². The number of aliphatic hydroxyl groups is 1. The van der Waals surface area contributed by atoms with E-state index in [4.69, 9.17) is 22.9 Å². The van der Waals surface area contributed by atoms with Gasteiger partial charge in [0.05, 0.1) is 19.8 Å². The minimum Gasteiger partial charge on any atom is -0.506 e. The highest BCUT2D eigenvalue weighted by Crippen LogP contribution is 2.28. The topological polar surface area (TPSA) is 424 Å². The number of rotatable bonds is 50. The molecule has 0 bridgehead atoms. The minimum atomic E-state index is -1.73. The van der Waals surface area contributed by atoms with Gasteiger partial charge < -0.3 is 81.0 Å². The van der Waals surface area contributed by atoms with Gasteiger partial charge in [-0.25, -0.2) is 0 Å². The van der Waals surface area contributed by atoms with E-state index in [1.807, 2.05) is 66.0 Å². The van der Waals surface area contributed by atoms with E-state index >= 15 is 0 Å². The molecule has 10 atom stereocenters. The highest BCUT2D eigenvalue weighted by atomic mass is 127. The Labute approximate surface area is 568 Å². The van der Waals surface area contributed by atoms with Crippen LogP contribution in [0.4, 0.5) is 0 Å². The van der Waals surface area contributed by atoms with Crippen LogP contribution in [-0.2, 0) is 54.4 Å². The van der Waals surface area contributed by atoms with Crippen molar-refractivity contribution in [1.82, 2.24) is 47.9 Å². The molecular weight excluding hydrogens is 1400 g/mol. The molecule has 10 amide bonds. The maximum absolute atomic E-state index is 14.8. The van der Waals surface area contributed by atoms with Crippen LogP contribution in [0.25, 0.3) is 0 Å². The zero-order valence-corrected chi connectivity index (χ0v) is 59.7. The monoisotopic (exact) mass is 1510 g/mol. The standard InChI is InChI=1S/C64H113I2N13O12/c1-9-11-12-13-14-15-16-17-18-19-20-30-51(81)71-38-52(82)72-49(34-39(3)4)61(88)77-53(40(5)6)62(89)79-55(42(8)80)64(91)76-50(37-43-35-44(65)56(83)45(66)36-43)60(87)75-47(28-22-25-32-68)58(85)74-48(29-23-26-33-69)59(86)78-54(41(7)10-2)63(90)73-46(57(70)84)27-21-24-31-67/h35-36,39-42,46-50,53-55,80,83H,9-34,37-38,67-69H2,1-8H3,(H2,70,84)(H,71,81)(H,72,82)(H,73,90)(H,74,85)(H,75,87)(H,76,91)(H,77,88)(H,78,86)(H,79,89)/t41-,42+,46-,47+,48+,49-,50-,53-,54-,55-/m0/s1. The molecule has 0 aliphatic carbocycles. The number of unbranched alkanes of at least 4 members (excludes halogenated alkanes) is 13. The van der Waals surface area contributed by atoms with Crippen LogP contribution in [0.2, 0.25) is 0 Å². The van der Waals surface area contributed by atoms with Crippen LogP contribution in [0.3, 0.4) is 0 Å². The lowest BCUT2D eigenvalue weighted by molar-refractivity contribution is -0.137. The molecule has 0 heterocycles. The second kappa shape index (κ2) is 47.8. The number of aliphatic hydroxyl groups excluding tert-OH is 1. The number of carbonyl (C=O) groups excluding carboxylic acids is 10. The number of phenols is 1. The molecule has 19 N–H and O–H groups in total. The zero-order chi connectivity index (χ0) is 68.6. The van der Waals surface area contributed by atoms with Crippen molar-refractivity contribution in [2.75, 3.05) is 26.2 Å². The van der Waals surface area contributed by atoms with E-state index in [1.165, 1.54) is 51.9 Å². The van der Waals surface area contributed by atoms with Crippen LogP contribution in [0.15, 0.2) is 12.1 Å². The summed E-state index contributed by atoms with van der Waals surface area (Å²) in [4.78, 5) is 138. The Morgan fingerprint density at radius 1 is 0.473 bits per heavy atom. The molecule has 1 rings (SSSR count). The van der Waals surface area contributed by atoms with Crippen LogP contribution < -0.4 is 70.8 Å². The molecule has 0 aliphatic rings. The highest BCUT2D eigenvalue weighted by molar-refractivity contribution is 14.1. The molecule has 0 aliphatic heterocycles. The fourth-order valence-corrected chi connectivity index (χ4v) is 12.0. The molecule has 0 unspecified atom stereocenters. The number of hydrogen-bond donors (Lipinski definition) is 15. The Bertz CT molecular complexity index is 2380. The predicted octanol–water partition coefficient (Wildman–Crippen LogP) is 3.84. The van der Waals surface area contributed by atoms with E-state index in [0.717, 1.165) is 19.3 Å². The molecular formula is C64H113I2N13O12. The summed E-state index contributed by atoms with van der Waals surface area (Å²) in [5.74, 6) is -8.40. The lowest BCUT2D eigenvalue weighted by Crippen LogP contribution is -2.62. The van der Waals surface area contributed by atoms with Gasteiger partial charge in [0, 0.05) is 12.8 Å². The number of hydrogen-bond acceptors (Lipinski definition) is 15. The van der Waals surface area contributed by atoms with Gasteiger partial charge in [0.25, 0.3) is 0 Å². The Morgan fingerprint density at radius 3 is 1.34 bits per heavy atom. The lowest BCUT2D eigenvalue weighted by atomic mass is 9.96. The van der Waals surface area contributed by atoms with Gasteiger partial charge >= 0.3 is 0 Å². The fraction of sp³-hybridized carbons (Fsp3) is 0.750. The van der Waals surface area contributed by atoms with Crippen molar-refractivity contribution in [2.24, 2.45) is 40.7 Å². The van der Waals surface area contributed by atoms with Crippen LogP contribution >= 0.6 is 45.2 Å². The maximum atomic E-state index is 14.8. The second-order valence-electron chi connectivity index (χ2n) is 24.8. The first-order valence-corrected chi connectivity index (χ1v) is 35.2. The quantitative estimate of drug-likeness (QED) is 0.0326. The molecule has 91 heavy (non-hydrogen) atoms. The van der Waals surface area contributed by atoms with Gasteiger partial charge in [-0.2, -0.15) is 0 Å². The smallest absolute Gasteiger partial charge is 0.245 e. The number of nitrogens with two attached hydrogens (primary N) is 4. The average Bonchev–Trinajstić information content (AvgIpc) is 2.03. The number of amides is 10. The first-order chi connectivity index (χ1) is 43.1. The molecule has 0 radical (unpaired) electrons. The predicted molar refractivity (Wildman–Crippen MR) is 370 cm³/mol. The number of phenolic OH excluding ortho intramolecular Hbond substituents is 1. The Balaban J connectivity index is 3.49. The average molecular weight is 1510 g/mol. The van der Waals surface area contributed by atoms with Crippen molar-refractivity contribution in [3.63, 3.8) is 0 Å². The number of halogens is 2. The first-order valence-electron chi connectivity index (χ1n) is 33.1. The number of nitrogens with one attached hydrogen (secondary N) is 9. The summed E-state index contributed by atoms with van der Waals surface area (Å²) in [5, 5.41) is 46.0. The summed E-state index contributed by atoms with van der Waals surface area (Å²) < 4.78 is 0.850. The number of primary amides is 1. The van der Waals surface area contributed by atoms with Crippen LogP contribution in [-0.4, -0.2) is 150 Å². The van der Waals surface area contributed by atoms with Crippen molar-refractivity contribution in [2.45, 2.75) is 264 Å². The normalized spacial score (nSPS) is 14.7. The van der Waals surface area contributed by atoms with Gasteiger partial charge in [0.2, 0.25) is 59.1 Å². The Hall–Kier alpha value is -4.98. The summed E-state index contributed by atoms with van der Waals surface area (Å²) in [5.41, 5.74) is 23.4. The highest BCUT2D eigenvalue weighted by Gasteiger charge is 2.37. The van der Waals surface area contributed by atoms with Gasteiger partial charge in [-0.3, -0.25) is 47.9 Å². The van der Waals surface area contributed by atoms with Gasteiger partial charge in [-0.15, -0.1) is 0 Å². The molecule has 1 aromatic carbocycles. The van der Waals surface area contributed by atoms with Crippen LogP contribution in [0.5, 0.6) is 5.75 Å². The molecule has 0 aromatic heterocycles. The summed E-state index contributed by atoms with van der Waals surface area (Å²) in [6.07, 6.45) is 14.6. The van der Waals surface area contributed by atoms with E-state index in [0.29, 0.717) is 70.6 Å². The largest absolute Gasteiger partial charge is 0.506 e. The third-order valence-electron chi connectivity index (χ3n) is 15.8. The molecule has 0 saturated heterocycles. The third-order valence-corrected chi connectivity index (χ3v) is 17.5. The molecule has 0 fully saturated rings. The molecule has 27 heteroatoms. The molecule has 25 nitrogen and oxygen atoms in total. The third kappa shape index (κ3) is 34.7. The van der Waals surface area contributed by atoms with Crippen molar-refractivity contribution in [1.29, 1.82) is 0 Å². The van der Waals surface area contributed by atoms with Crippen LogP contribution in [0.1, 0.15) is 209 Å². The second-order valence-corrected chi connectivity index (χ2v) is 27.1.